The molecule has 3 N–H and O–H groups in total. The lowest BCUT2D eigenvalue weighted by atomic mass is 10.2. The van der Waals surface area contributed by atoms with Crippen LogP contribution in [-0.2, 0) is 20.0 Å². The van der Waals surface area contributed by atoms with Crippen molar-refractivity contribution in [3.8, 4) is 0 Å². The molecule has 9 heteroatoms. The number of anilines is 1. The van der Waals surface area contributed by atoms with Crippen molar-refractivity contribution in [1.29, 1.82) is 0 Å². The van der Waals surface area contributed by atoms with Gasteiger partial charge in [0.15, 0.2) is 0 Å². The molecule has 0 aliphatic heterocycles. The zero-order valence-electron chi connectivity index (χ0n) is 11.4. The van der Waals surface area contributed by atoms with Crippen molar-refractivity contribution in [2.45, 2.75) is 16.7 Å². The lowest BCUT2D eigenvalue weighted by Gasteiger charge is -2.11. The summed E-state index contributed by atoms with van der Waals surface area (Å²) in [4.78, 5) is -0.575. The fourth-order valence-corrected chi connectivity index (χ4v) is 3.57. The summed E-state index contributed by atoms with van der Waals surface area (Å²) in [6.07, 6.45) is 0. The molecule has 0 aliphatic carbocycles. The molecule has 0 aromatic heterocycles. The molecule has 0 saturated heterocycles. The molecule has 0 spiro atoms. The standard InChI is InChI=1S/C13H13FN2O4S2/c1-9-7-10(14)5-6-13(9)16-22(19,20)12-4-2-3-11(8-12)21(15,17)18/h2-8,16H,1H3,(H2,15,17,18). The third-order valence-corrected chi connectivity index (χ3v) is 5.15. The van der Waals surface area contributed by atoms with E-state index in [9.17, 15) is 21.2 Å². The van der Waals surface area contributed by atoms with E-state index < -0.39 is 25.9 Å². The molecule has 0 aliphatic rings. The number of benzene rings is 2. The molecule has 2 aromatic carbocycles. The predicted octanol–water partition coefficient (Wildman–Crippen LogP) is 1.58. The van der Waals surface area contributed by atoms with Gasteiger partial charge >= 0.3 is 0 Å². The van der Waals surface area contributed by atoms with Gasteiger partial charge < -0.3 is 0 Å². The molecule has 0 radical (unpaired) electrons. The van der Waals surface area contributed by atoms with Crippen molar-refractivity contribution in [2.75, 3.05) is 4.72 Å². The van der Waals surface area contributed by atoms with E-state index in [1.165, 1.54) is 30.3 Å². The lowest BCUT2D eigenvalue weighted by molar-refractivity contribution is 0.597. The number of nitrogens with two attached hydrogens (primary N) is 1. The quantitative estimate of drug-likeness (QED) is 0.878. The minimum atomic E-state index is -4.02. The molecule has 2 aromatic rings. The molecule has 0 bridgehead atoms. The fourth-order valence-electron chi connectivity index (χ4n) is 1.76. The van der Waals surface area contributed by atoms with E-state index in [0.29, 0.717) is 5.56 Å². The Hall–Kier alpha value is -1.97. The van der Waals surface area contributed by atoms with Crippen molar-refractivity contribution in [1.82, 2.24) is 0 Å². The highest BCUT2D eigenvalue weighted by atomic mass is 32.2. The Labute approximate surface area is 127 Å². The first-order chi connectivity index (χ1) is 10.1. The van der Waals surface area contributed by atoms with E-state index in [1.807, 2.05) is 0 Å². The summed E-state index contributed by atoms with van der Waals surface area (Å²) in [6.45, 7) is 1.54. The number of hydrogen-bond acceptors (Lipinski definition) is 4. The molecule has 0 atom stereocenters. The molecule has 0 saturated carbocycles. The van der Waals surface area contributed by atoms with E-state index in [-0.39, 0.29) is 15.5 Å². The molecule has 0 amide bonds. The summed E-state index contributed by atoms with van der Waals surface area (Å²) in [5, 5.41) is 4.98. The third-order valence-electron chi connectivity index (χ3n) is 2.88. The Kier molecular flexibility index (Phi) is 4.23. The number of primary sulfonamides is 1. The molecule has 2 rings (SSSR count). The van der Waals surface area contributed by atoms with Gasteiger partial charge in [-0.2, -0.15) is 0 Å². The number of hydrogen-bond donors (Lipinski definition) is 2. The maximum Gasteiger partial charge on any atom is 0.261 e. The molecule has 118 valence electrons. The van der Waals surface area contributed by atoms with Crippen molar-refractivity contribution in [3.63, 3.8) is 0 Å². The van der Waals surface area contributed by atoms with Crippen molar-refractivity contribution in [2.24, 2.45) is 5.14 Å². The van der Waals surface area contributed by atoms with Crippen LogP contribution in [0.4, 0.5) is 10.1 Å². The van der Waals surface area contributed by atoms with Crippen LogP contribution in [0.1, 0.15) is 5.56 Å². The van der Waals surface area contributed by atoms with E-state index in [1.54, 1.807) is 6.92 Å². The van der Waals surface area contributed by atoms with Gasteiger partial charge in [-0.25, -0.2) is 26.4 Å². The fraction of sp³-hybridized carbons (Fsp3) is 0.0769. The van der Waals surface area contributed by atoms with Gasteiger partial charge in [-0.3, -0.25) is 4.72 Å². The van der Waals surface area contributed by atoms with Crippen LogP contribution in [-0.4, -0.2) is 16.8 Å². The Morgan fingerprint density at radius 2 is 1.64 bits per heavy atom. The van der Waals surface area contributed by atoms with Crippen LogP contribution in [0.15, 0.2) is 52.3 Å². The molecule has 0 heterocycles. The van der Waals surface area contributed by atoms with Gasteiger partial charge in [0.05, 0.1) is 15.5 Å². The first kappa shape index (κ1) is 16.4. The lowest BCUT2D eigenvalue weighted by Crippen LogP contribution is -2.16. The van der Waals surface area contributed by atoms with Gasteiger partial charge in [0, 0.05) is 0 Å². The molecular formula is C13H13FN2O4S2. The minimum absolute atomic E-state index is 0.197. The van der Waals surface area contributed by atoms with Crippen LogP contribution in [0.25, 0.3) is 0 Å². The largest absolute Gasteiger partial charge is 0.279 e. The summed E-state index contributed by atoms with van der Waals surface area (Å²) in [6, 6.07) is 8.23. The zero-order valence-corrected chi connectivity index (χ0v) is 13.1. The normalized spacial score (nSPS) is 12.1. The maximum absolute atomic E-state index is 13.0. The summed E-state index contributed by atoms with van der Waals surface area (Å²) in [5.41, 5.74) is 0.591. The minimum Gasteiger partial charge on any atom is -0.279 e. The summed E-state index contributed by atoms with van der Waals surface area (Å²) >= 11 is 0. The molecular weight excluding hydrogens is 331 g/mol. The van der Waals surface area contributed by atoms with Crippen LogP contribution in [0, 0.1) is 12.7 Å². The first-order valence-corrected chi connectivity index (χ1v) is 9.04. The van der Waals surface area contributed by atoms with Gasteiger partial charge in [0.25, 0.3) is 10.0 Å². The molecule has 22 heavy (non-hydrogen) atoms. The summed E-state index contributed by atoms with van der Waals surface area (Å²) in [5.74, 6) is -0.489. The summed E-state index contributed by atoms with van der Waals surface area (Å²) in [7, 11) is -8.04. The Bertz CT molecular complexity index is 925. The van der Waals surface area contributed by atoms with Crippen molar-refractivity contribution >= 4 is 25.7 Å². The van der Waals surface area contributed by atoms with Gasteiger partial charge in [-0.15, -0.1) is 0 Å². The average molecular weight is 344 g/mol. The number of rotatable bonds is 4. The zero-order chi connectivity index (χ0) is 16.5. The van der Waals surface area contributed by atoms with Crippen LogP contribution in [0.5, 0.6) is 0 Å². The molecule has 6 nitrogen and oxygen atoms in total. The van der Waals surface area contributed by atoms with E-state index in [0.717, 1.165) is 12.1 Å². The number of aryl methyl sites for hydroxylation is 1. The van der Waals surface area contributed by atoms with E-state index in [4.69, 9.17) is 5.14 Å². The van der Waals surface area contributed by atoms with E-state index in [2.05, 4.69) is 4.72 Å². The number of sulfonamides is 2. The van der Waals surface area contributed by atoms with Gasteiger partial charge in [0.1, 0.15) is 5.82 Å². The number of nitrogens with one attached hydrogen (secondary N) is 1. The Morgan fingerprint density at radius 3 is 2.23 bits per heavy atom. The molecule has 0 fully saturated rings. The first-order valence-electron chi connectivity index (χ1n) is 6.01. The van der Waals surface area contributed by atoms with Crippen molar-refractivity contribution < 1.29 is 21.2 Å². The van der Waals surface area contributed by atoms with Crippen molar-refractivity contribution in [3.05, 3.63) is 53.8 Å². The maximum atomic E-state index is 13.0. The molecule has 0 unspecified atom stereocenters. The van der Waals surface area contributed by atoms with Crippen LogP contribution in [0.3, 0.4) is 0 Å². The van der Waals surface area contributed by atoms with Crippen LogP contribution >= 0.6 is 0 Å². The third kappa shape index (κ3) is 3.62. The SMILES string of the molecule is Cc1cc(F)ccc1NS(=O)(=O)c1cccc(S(N)(=O)=O)c1. The van der Waals surface area contributed by atoms with Crippen LogP contribution in [0.2, 0.25) is 0 Å². The number of halogens is 1. The second kappa shape index (κ2) is 5.67. The second-order valence-electron chi connectivity index (χ2n) is 4.58. The topological polar surface area (TPSA) is 106 Å². The smallest absolute Gasteiger partial charge is 0.261 e. The van der Waals surface area contributed by atoms with Gasteiger partial charge in [0.2, 0.25) is 10.0 Å². The van der Waals surface area contributed by atoms with Crippen LogP contribution < -0.4 is 9.86 Å². The summed E-state index contributed by atoms with van der Waals surface area (Å²) < 4.78 is 62.4. The monoisotopic (exact) mass is 344 g/mol. The predicted molar refractivity (Wildman–Crippen MR) is 79.8 cm³/mol. The van der Waals surface area contributed by atoms with Gasteiger partial charge in [-0.1, -0.05) is 6.07 Å². The van der Waals surface area contributed by atoms with E-state index >= 15 is 0 Å². The van der Waals surface area contributed by atoms with Gasteiger partial charge in [-0.05, 0) is 48.9 Å². The average Bonchev–Trinajstić information content (AvgIpc) is 2.41. The second-order valence-corrected chi connectivity index (χ2v) is 7.83. The highest BCUT2D eigenvalue weighted by Crippen LogP contribution is 2.21. The highest BCUT2D eigenvalue weighted by molar-refractivity contribution is 7.93. The Morgan fingerprint density at radius 1 is 1.00 bits per heavy atom. The Balaban J connectivity index is 2.43. The highest BCUT2D eigenvalue weighted by Gasteiger charge is 2.18.